The van der Waals surface area contributed by atoms with Crippen molar-refractivity contribution in [3.63, 3.8) is 0 Å². The molecule has 0 aliphatic heterocycles. The molecule has 3 rings (SSSR count). The van der Waals surface area contributed by atoms with Crippen molar-refractivity contribution in [2.75, 3.05) is 20.6 Å². The van der Waals surface area contributed by atoms with Crippen LogP contribution in [0.1, 0.15) is 29.2 Å². The summed E-state index contributed by atoms with van der Waals surface area (Å²) in [7, 11) is 4.10. The first-order chi connectivity index (χ1) is 12.4. The zero-order valence-corrected chi connectivity index (χ0v) is 16.8. The molecule has 138 valence electrons. The summed E-state index contributed by atoms with van der Waals surface area (Å²) in [6.07, 6.45) is 0. The standard InChI is InChI=1S/C20H26N4OS/c1-13(2)17(23(4)5)12-21-19(25)18-11-16-14(3)22-24(20(16)26-18)15-9-7-6-8-10-15/h6-11,13,17H,12H2,1-5H3,(H,21,25)/t17-/m0/s1. The topological polar surface area (TPSA) is 50.2 Å². The third-order valence-corrected chi connectivity index (χ3v) is 5.78. The van der Waals surface area contributed by atoms with Gasteiger partial charge in [-0.3, -0.25) is 4.79 Å². The lowest BCUT2D eigenvalue weighted by Gasteiger charge is -2.27. The number of thiophene rings is 1. The summed E-state index contributed by atoms with van der Waals surface area (Å²) in [5.41, 5.74) is 1.94. The van der Waals surface area contributed by atoms with Gasteiger partial charge in [-0.05, 0) is 45.1 Å². The van der Waals surface area contributed by atoms with Gasteiger partial charge in [0.2, 0.25) is 0 Å². The van der Waals surface area contributed by atoms with Crippen LogP contribution in [-0.2, 0) is 0 Å². The van der Waals surface area contributed by atoms with Gasteiger partial charge in [-0.1, -0.05) is 32.0 Å². The minimum Gasteiger partial charge on any atom is -0.350 e. The highest BCUT2D eigenvalue weighted by atomic mass is 32.1. The molecule has 6 heteroatoms. The fourth-order valence-corrected chi connectivity index (χ4v) is 4.30. The van der Waals surface area contributed by atoms with Gasteiger partial charge in [-0.2, -0.15) is 5.10 Å². The molecule has 0 fully saturated rings. The van der Waals surface area contributed by atoms with E-state index in [1.54, 1.807) is 0 Å². The van der Waals surface area contributed by atoms with Crippen molar-refractivity contribution in [2.24, 2.45) is 5.92 Å². The van der Waals surface area contributed by atoms with Crippen molar-refractivity contribution >= 4 is 27.5 Å². The second-order valence-electron chi connectivity index (χ2n) is 7.15. The van der Waals surface area contributed by atoms with E-state index in [0.717, 1.165) is 26.5 Å². The molecular formula is C20H26N4OS. The summed E-state index contributed by atoms with van der Waals surface area (Å²) in [4.78, 5) is 16.6. The number of hydrogen-bond donors (Lipinski definition) is 1. The molecule has 5 nitrogen and oxygen atoms in total. The van der Waals surface area contributed by atoms with Crippen molar-refractivity contribution in [2.45, 2.75) is 26.8 Å². The maximum atomic E-state index is 12.7. The molecule has 26 heavy (non-hydrogen) atoms. The molecule has 0 unspecified atom stereocenters. The first kappa shape index (κ1) is 18.6. The summed E-state index contributed by atoms with van der Waals surface area (Å²) >= 11 is 1.49. The molecule has 0 radical (unpaired) electrons. The highest BCUT2D eigenvalue weighted by Gasteiger charge is 2.20. The van der Waals surface area contributed by atoms with Gasteiger partial charge in [-0.25, -0.2) is 4.68 Å². The van der Waals surface area contributed by atoms with Crippen molar-refractivity contribution in [1.29, 1.82) is 0 Å². The summed E-state index contributed by atoms with van der Waals surface area (Å²) in [5.74, 6) is 0.458. The number of amides is 1. The van der Waals surface area contributed by atoms with E-state index in [9.17, 15) is 4.79 Å². The number of fused-ring (bicyclic) bond motifs is 1. The fraction of sp³-hybridized carbons (Fsp3) is 0.400. The Balaban J connectivity index is 1.84. The lowest BCUT2D eigenvalue weighted by Crippen LogP contribution is -2.43. The Morgan fingerprint density at radius 2 is 1.96 bits per heavy atom. The van der Waals surface area contributed by atoms with Crippen LogP contribution in [0.5, 0.6) is 0 Å². The number of rotatable bonds is 6. The average Bonchev–Trinajstić information content (AvgIpc) is 3.16. The molecule has 0 aliphatic rings. The normalized spacial score (nSPS) is 12.9. The molecule has 0 spiro atoms. The molecule has 1 aromatic carbocycles. The molecule has 0 aliphatic carbocycles. The summed E-state index contributed by atoms with van der Waals surface area (Å²) < 4.78 is 1.92. The van der Waals surface area contributed by atoms with Crippen molar-refractivity contribution in [3.8, 4) is 5.69 Å². The van der Waals surface area contributed by atoms with Gasteiger partial charge in [0.1, 0.15) is 4.83 Å². The molecular weight excluding hydrogens is 344 g/mol. The molecule has 1 atom stereocenters. The second kappa shape index (κ2) is 7.60. The van der Waals surface area contributed by atoms with Crippen LogP contribution in [0.15, 0.2) is 36.4 Å². The van der Waals surface area contributed by atoms with E-state index in [4.69, 9.17) is 0 Å². The largest absolute Gasteiger partial charge is 0.350 e. The predicted octanol–water partition coefficient (Wildman–Crippen LogP) is 3.71. The van der Waals surface area contributed by atoms with Gasteiger partial charge < -0.3 is 10.2 Å². The van der Waals surface area contributed by atoms with Crippen LogP contribution in [-0.4, -0.2) is 47.3 Å². The number of nitrogens with zero attached hydrogens (tertiary/aromatic N) is 3. The van der Waals surface area contributed by atoms with Crippen molar-refractivity contribution < 1.29 is 4.79 Å². The van der Waals surface area contributed by atoms with E-state index in [2.05, 4.69) is 29.2 Å². The molecule has 2 aromatic heterocycles. The summed E-state index contributed by atoms with van der Waals surface area (Å²) in [6.45, 7) is 6.97. The van der Waals surface area contributed by atoms with Gasteiger partial charge in [-0.15, -0.1) is 11.3 Å². The van der Waals surface area contributed by atoms with Gasteiger partial charge >= 0.3 is 0 Å². The van der Waals surface area contributed by atoms with Crippen LogP contribution in [0, 0.1) is 12.8 Å². The molecule has 1 amide bonds. The highest BCUT2D eigenvalue weighted by molar-refractivity contribution is 7.20. The highest BCUT2D eigenvalue weighted by Crippen LogP contribution is 2.30. The number of aromatic nitrogens is 2. The molecule has 0 bridgehead atoms. The van der Waals surface area contributed by atoms with Crippen LogP contribution in [0.2, 0.25) is 0 Å². The SMILES string of the molecule is Cc1nn(-c2ccccc2)c2sc(C(=O)NC[C@@H](C(C)C)N(C)C)cc12. The molecule has 2 heterocycles. The van der Waals surface area contributed by atoms with E-state index in [1.165, 1.54) is 11.3 Å². The average molecular weight is 371 g/mol. The fourth-order valence-electron chi connectivity index (χ4n) is 3.20. The van der Waals surface area contributed by atoms with Crippen LogP contribution < -0.4 is 5.32 Å². The number of carbonyl (C=O) groups is 1. The van der Waals surface area contributed by atoms with E-state index in [-0.39, 0.29) is 5.91 Å². The number of likely N-dealkylation sites (N-methyl/N-ethyl adjacent to an activating group) is 1. The van der Waals surface area contributed by atoms with Gasteiger partial charge in [0, 0.05) is 18.0 Å². The minimum atomic E-state index is -0.0160. The Bertz CT molecular complexity index is 887. The Hall–Kier alpha value is -2.18. The Kier molecular flexibility index (Phi) is 5.44. The van der Waals surface area contributed by atoms with Gasteiger partial charge in [0.05, 0.1) is 16.3 Å². The summed E-state index contributed by atoms with van der Waals surface area (Å²) in [5, 5.41) is 8.76. The third kappa shape index (κ3) is 3.66. The van der Waals surface area contributed by atoms with E-state index in [1.807, 2.05) is 62.1 Å². The zero-order chi connectivity index (χ0) is 18.8. The number of nitrogens with one attached hydrogen (secondary N) is 1. The maximum absolute atomic E-state index is 12.7. The van der Waals surface area contributed by atoms with Crippen molar-refractivity contribution in [1.82, 2.24) is 20.0 Å². The van der Waals surface area contributed by atoms with E-state index in [0.29, 0.717) is 18.5 Å². The lowest BCUT2D eigenvalue weighted by atomic mass is 10.0. The first-order valence-electron chi connectivity index (χ1n) is 8.87. The quantitative estimate of drug-likeness (QED) is 0.720. The third-order valence-electron chi connectivity index (χ3n) is 4.67. The Morgan fingerprint density at radius 1 is 1.27 bits per heavy atom. The predicted molar refractivity (Wildman–Crippen MR) is 108 cm³/mol. The number of benzene rings is 1. The van der Waals surface area contributed by atoms with Crippen LogP contribution in [0.25, 0.3) is 15.9 Å². The van der Waals surface area contributed by atoms with E-state index >= 15 is 0 Å². The number of carbonyl (C=O) groups excluding carboxylic acids is 1. The van der Waals surface area contributed by atoms with Gasteiger partial charge in [0.15, 0.2) is 0 Å². The Labute approximate surface area is 158 Å². The van der Waals surface area contributed by atoms with Crippen LogP contribution >= 0.6 is 11.3 Å². The lowest BCUT2D eigenvalue weighted by molar-refractivity contribution is 0.0939. The van der Waals surface area contributed by atoms with E-state index < -0.39 is 0 Å². The molecule has 0 saturated carbocycles. The van der Waals surface area contributed by atoms with Crippen LogP contribution in [0.4, 0.5) is 0 Å². The summed E-state index contributed by atoms with van der Waals surface area (Å²) in [6, 6.07) is 12.3. The van der Waals surface area contributed by atoms with Crippen molar-refractivity contribution in [3.05, 3.63) is 47.0 Å². The smallest absolute Gasteiger partial charge is 0.261 e. The number of para-hydroxylation sites is 1. The monoisotopic (exact) mass is 370 g/mol. The second-order valence-corrected chi connectivity index (χ2v) is 8.18. The minimum absolute atomic E-state index is 0.0160. The van der Waals surface area contributed by atoms with Gasteiger partial charge in [0.25, 0.3) is 5.91 Å². The first-order valence-corrected chi connectivity index (χ1v) is 9.69. The zero-order valence-electron chi connectivity index (χ0n) is 16.0. The van der Waals surface area contributed by atoms with Crippen LogP contribution in [0.3, 0.4) is 0 Å². The molecule has 1 N–H and O–H groups in total. The maximum Gasteiger partial charge on any atom is 0.261 e. The molecule has 0 saturated heterocycles. The molecule has 3 aromatic rings. The Morgan fingerprint density at radius 3 is 2.58 bits per heavy atom. The number of aryl methyl sites for hydroxylation is 1. The number of hydrogen-bond acceptors (Lipinski definition) is 4.